The van der Waals surface area contributed by atoms with Gasteiger partial charge in [0, 0.05) is 18.2 Å². The van der Waals surface area contributed by atoms with E-state index in [1.165, 1.54) is 17.0 Å². The quantitative estimate of drug-likeness (QED) is 0.638. The summed E-state index contributed by atoms with van der Waals surface area (Å²) in [6, 6.07) is 7.94. The van der Waals surface area contributed by atoms with Crippen molar-refractivity contribution in [3.8, 4) is 11.5 Å². The summed E-state index contributed by atoms with van der Waals surface area (Å²) in [5.41, 5.74) is -1.02. The summed E-state index contributed by atoms with van der Waals surface area (Å²) in [5.74, 6) is -2.21. The van der Waals surface area contributed by atoms with E-state index in [1.54, 1.807) is 25.1 Å². The summed E-state index contributed by atoms with van der Waals surface area (Å²) in [7, 11) is 0. The fraction of sp³-hybridized carbons (Fsp3) is 0.375. The number of fused-ring (bicyclic) bond motifs is 1. The van der Waals surface area contributed by atoms with Gasteiger partial charge in [0.2, 0.25) is 5.91 Å². The van der Waals surface area contributed by atoms with Gasteiger partial charge in [-0.2, -0.15) is 5.10 Å². The number of benzene rings is 1. The van der Waals surface area contributed by atoms with Crippen LogP contribution in [0.3, 0.4) is 0 Å². The molecule has 1 aromatic carbocycles. The third-order valence-corrected chi connectivity index (χ3v) is 6.51. The van der Waals surface area contributed by atoms with E-state index in [1.807, 2.05) is 0 Å². The zero-order valence-electron chi connectivity index (χ0n) is 18.2. The van der Waals surface area contributed by atoms with Crippen molar-refractivity contribution in [1.82, 2.24) is 15.1 Å². The van der Waals surface area contributed by atoms with Gasteiger partial charge in [0.25, 0.3) is 5.91 Å². The number of carbonyl (C=O) groups is 2. The molecule has 3 heterocycles. The summed E-state index contributed by atoms with van der Waals surface area (Å²) in [6.45, 7) is 1.59. The minimum Gasteiger partial charge on any atom is -0.463 e. The number of anilines is 1. The Morgan fingerprint density at radius 2 is 1.97 bits per heavy atom. The lowest BCUT2D eigenvalue weighted by molar-refractivity contribution is -0.127. The number of carbonyl (C=O) groups excluding carboxylic acids is 2. The molecular weight excluding hydrogens is 430 g/mol. The molecule has 0 spiro atoms. The van der Waals surface area contributed by atoms with E-state index >= 15 is 0 Å². The van der Waals surface area contributed by atoms with Gasteiger partial charge in [0.1, 0.15) is 28.6 Å². The van der Waals surface area contributed by atoms with E-state index < -0.39 is 29.0 Å². The second kappa shape index (κ2) is 8.13. The summed E-state index contributed by atoms with van der Waals surface area (Å²) < 4.78 is 35.4. The standard InChI is InChI=1S/C24H24F2N4O3/c1-24(23(32)27-16-6-3-2-4-7-16)14-29-20(13-18(28-29)21-8-5-11-33-21)22(31)30(24)19-10-9-15(25)12-17(19)26/h5,8-13,16H,2-4,6-7,14H2,1H3,(H,27,32)/t24-/m0/s1. The zero-order chi connectivity index (χ0) is 23.2. The number of halogens is 2. The van der Waals surface area contributed by atoms with E-state index in [9.17, 15) is 18.4 Å². The molecule has 0 unspecified atom stereocenters. The molecule has 3 aromatic rings. The Labute approximate surface area is 189 Å². The summed E-state index contributed by atoms with van der Waals surface area (Å²) in [6.07, 6.45) is 6.38. The fourth-order valence-corrected chi connectivity index (χ4v) is 4.75. The lowest BCUT2D eigenvalue weighted by atomic mass is 9.91. The van der Waals surface area contributed by atoms with Crippen molar-refractivity contribution < 1.29 is 22.8 Å². The molecular formula is C24H24F2N4O3. The number of hydrogen-bond donors (Lipinski definition) is 1. The smallest absolute Gasteiger partial charge is 0.277 e. The molecule has 33 heavy (non-hydrogen) atoms. The maximum Gasteiger partial charge on any atom is 0.277 e. The first kappa shape index (κ1) is 21.4. The number of aromatic nitrogens is 2. The molecule has 1 saturated carbocycles. The average molecular weight is 454 g/mol. The lowest BCUT2D eigenvalue weighted by Gasteiger charge is -2.44. The molecule has 1 aliphatic heterocycles. The van der Waals surface area contributed by atoms with Gasteiger partial charge in [-0.25, -0.2) is 8.78 Å². The van der Waals surface area contributed by atoms with Crippen molar-refractivity contribution in [2.75, 3.05) is 4.90 Å². The monoisotopic (exact) mass is 454 g/mol. The van der Waals surface area contributed by atoms with E-state index in [0.717, 1.165) is 43.1 Å². The van der Waals surface area contributed by atoms with Crippen molar-refractivity contribution in [2.24, 2.45) is 0 Å². The number of rotatable bonds is 4. The Kier molecular flexibility index (Phi) is 5.26. The third-order valence-electron chi connectivity index (χ3n) is 6.51. The maximum atomic E-state index is 14.9. The largest absolute Gasteiger partial charge is 0.463 e. The second-order valence-corrected chi connectivity index (χ2v) is 8.87. The van der Waals surface area contributed by atoms with Crippen molar-refractivity contribution >= 4 is 17.5 Å². The Balaban J connectivity index is 1.58. The highest BCUT2D eigenvalue weighted by Crippen LogP contribution is 2.36. The maximum absolute atomic E-state index is 14.9. The molecule has 2 aromatic heterocycles. The summed E-state index contributed by atoms with van der Waals surface area (Å²) in [4.78, 5) is 28.4. The molecule has 1 atom stereocenters. The van der Waals surface area contributed by atoms with E-state index in [-0.39, 0.29) is 24.0 Å². The molecule has 7 nitrogen and oxygen atoms in total. The van der Waals surface area contributed by atoms with Crippen LogP contribution in [0, 0.1) is 11.6 Å². The van der Waals surface area contributed by atoms with Crippen LogP contribution in [0.25, 0.3) is 11.5 Å². The highest BCUT2D eigenvalue weighted by Gasteiger charge is 2.50. The normalized spacial score (nSPS) is 21.2. The Morgan fingerprint density at radius 3 is 2.67 bits per heavy atom. The minimum absolute atomic E-state index is 0.00390. The van der Waals surface area contributed by atoms with Gasteiger partial charge in [-0.05, 0) is 44.0 Å². The lowest BCUT2D eigenvalue weighted by Crippen LogP contribution is -2.65. The molecule has 9 heteroatoms. The Morgan fingerprint density at radius 1 is 1.18 bits per heavy atom. The van der Waals surface area contributed by atoms with Crippen molar-refractivity contribution in [3.05, 3.63) is 60.0 Å². The van der Waals surface area contributed by atoms with Gasteiger partial charge in [0.15, 0.2) is 5.76 Å². The molecule has 5 rings (SSSR count). The highest BCUT2D eigenvalue weighted by atomic mass is 19.1. The first-order valence-electron chi connectivity index (χ1n) is 11.1. The molecule has 0 bridgehead atoms. The van der Waals surface area contributed by atoms with E-state index in [2.05, 4.69) is 10.4 Å². The van der Waals surface area contributed by atoms with Crippen molar-refractivity contribution in [1.29, 1.82) is 0 Å². The van der Waals surface area contributed by atoms with Crippen LogP contribution in [0.4, 0.5) is 14.5 Å². The van der Waals surface area contributed by atoms with Gasteiger partial charge >= 0.3 is 0 Å². The first-order valence-corrected chi connectivity index (χ1v) is 11.1. The van der Waals surface area contributed by atoms with Gasteiger partial charge in [-0.1, -0.05) is 19.3 Å². The van der Waals surface area contributed by atoms with Gasteiger partial charge < -0.3 is 9.73 Å². The molecule has 2 aliphatic rings. The number of nitrogens with zero attached hydrogens (tertiary/aromatic N) is 3. The number of hydrogen-bond acceptors (Lipinski definition) is 4. The number of amides is 2. The van der Waals surface area contributed by atoms with Crippen LogP contribution in [0.5, 0.6) is 0 Å². The Hall–Kier alpha value is -3.49. The van der Waals surface area contributed by atoms with Gasteiger partial charge in [0.05, 0.1) is 18.5 Å². The van der Waals surface area contributed by atoms with Crippen LogP contribution in [-0.4, -0.2) is 33.2 Å². The second-order valence-electron chi connectivity index (χ2n) is 8.87. The number of nitrogens with one attached hydrogen (secondary N) is 1. The zero-order valence-corrected chi connectivity index (χ0v) is 18.2. The van der Waals surface area contributed by atoms with Crippen LogP contribution in [0.2, 0.25) is 0 Å². The Bertz CT molecular complexity index is 1200. The van der Waals surface area contributed by atoms with Gasteiger partial charge in [-0.3, -0.25) is 19.2 Å². The number of furan rings is 1. The van der Waals surface area contributed by atoms with Crippen molar-refractivity contribution in [2.45, 2.75) is 57.2 Å². The van der Waals surface area contributed by atoms with Crippen LogP contribution in [-0.2, 0) is 11.3 Å². The predicted octanol–water partition coefficient (Wildman–Crippen LogP) is 4.29. The molecule has 1 aliphatic carbocycles. The van der Waals surface area contributed by atoms with E-state index in [0.29, 0.717) is 17.5 Å². The predicted molar refractivity (Wildman–Crippen MR) is 117 cm³/mol. The highest BCUT2D eigenvalue weighted by molar-refractivity contribution is 6.12. The molecule has 1 fully saturated rings. The summed E-state index contributed by atoms with van der Waals surface area (Å²) in [5, 5.41) is 7.53. The van der Waals surface area contributed by atoms with Gasteiger partial charge in [-0.15, -0.1) is 0 Å². The topological polar surface area (TPSA) is 80.4 Å². The van der Waals surface area contributed by atoms with Crippen LogP contribution >= 0.6 is 0 Å². The minimum atomic E-state index is -1.48. The fourth-order valence-electron chi connectivity index (χ4n) is 4.75. The molecule has 1 N–H and O–H groups in total. The van der Waals surface area contributed by atoms with Crippen molar-refractivity contribution in [3.63, 3.8) is 0 Å². The molecule has 2 amide bonds. The molecule has 172 valence electrons. The summed E-state index contributed by atoms with van der Waals surface area (Å²) >= 11 is 0. The van der Waals surface area contributed by atoms with Crippen LogP contribution < -0.4 is 10.2 Å². The molecule has 0 saturated heterocycles. The van der Waals surface area contributed by atoms with Crippen LogP contribution in [0.1, 0.15) is 49.5 Å². The third kappa shape index (κ3) is 3.71. The van der Waals surface area contributed by atoms with E-state index in [4.69, 9.17) is 4.42 Å². The average Bonchev–Trinajstić information content (AvgIpc) is 3.46. The SMILES string of the molecule is C[C@@]1(C(=O)NC2CCCCC2)Cn2nc(-c3ccco3)cc2C(=O)N1c1ccc(F)cc1F. The molecule has 0 radical (unpaired) electrons. The van der Waals surface area contributed by atoms with Crippen LogP contribution in [0.15, 0.2) is 47.1 Å². The first-order chi connectivity index (χ1) is 15.9.